The zero-order valence-corrected chi connectivity index (χ0v) is 12.9. The molecule has 3 atom stereocenters. The van der Waals surface area contributed by atoms with Crippen molar-refractivity contribution in [1.82, 2.24) is 5.32 Å². The van der Waals surface area contributed by atoms with E-state index < -0.39 is 0 Å². The van der Waals surface area contributed by atoms with Gasteiger partial charge in [0, 0.05) is 24.0 Å². The Kier molecular flexibility index (Phi) is 4.21. The number of hydrogen-bond donors (Lipinski definition) is 2. The van der Waals surface area contributed by atoms with Crippen molar-refractivity contribution in [2.75, 3.05) is 13.2 Å². The number of rotatable bonds is 3. The van der Waals surface area contributed by atoms with Gasteiger partial charge >= 0.3 is 0 Å². The van der Waals surface area contributed by atoms with Crippen molar-refractivity contribution in [3.05, 3.63) is 12.7 Å². The minimum atomic E-state index is 0. The largest absolute Gasteiger partial charge is 0.377 e. The van der Waals surface area contributed by atoms with E-state index in [-0.39, 0.29) is 24.0 Å². The smallest absolute Gasteiger partial charge is 0.189 e. The molecule has 2 aliphatic carbocycles. The summed E-state index contributed by atoms with van der Waals surface area (Å²) in [6.07, 6.45) is 7.30. The van der Waals surface area contributed by atoms with E-state index in [0.717, 1.165) is 6.61 Å². The fraction of sp³-hybridized carbons (Fsp3) is 0.769. The zero-order chi connectivity index (χ0) is 11.9. The van der Waals surface area contributed by atoms with Gasteiger partial charge in [-0.1, -0.05) is 12.5 Å². The normalized spacial score (nSPS) is 36.0. The molecule has 3 rings (SSSR count). The van der Waals surface area contributed by atoms with Crippen molar-refractivity contribution in [3.8, 4) is 0 Å². The number of hydrogen-bond acceptors (Lipinski definition) is 2. The first-order valence-electron chi connectivity index (χ1n) is 6.57. The first-order chi connectivity index (χ1) is 8.28. The van der Waals surface area contributed by atoms with Crippen molar-refractivity contribution in [2.45, 2.75) is 37.8 Å². The molecule has 1 spiro atoms. The third kappa shape index (κ3) is 1.95. The highest BCUT2D eigenvalue weighted by molar-refractivity contribution is 14.0. The Labute approximate surface area is 125 Å². The Morgan fingerprint density at radius 3 is 2.94 bits per heavy atom. The number of nitrogens with one attached hydrogen (secondary N) is 1. The van der Waals surface area contributed by atoms with E-state index in [1.165, 1.54) is 25.7 Å². The van der Waals surface area contributed by atoms with Gasteiger partial charge in [-0.25, -0.2) is 4.99 Å². The van der Waals surface area contributed by atoms with Gasteiger partial charge in [0.2, 0.25) is 0 Å². The van der Waals surface area contributed by atoms with Crippen molar-refractivity contribution in [1.29, 1.82) is 0 Å². The van der Waals surface area contributed by atoms with Crippen LogP contribution in [0.15, 0.2) is 17.6 Å². The predicted molar refractivity (Wildman–Crippen MR) is 83.2 cm³/mol. The number of ether oxygens (including phenoxy) is 1. The summed E-state index contributed by atoms with van der Waals surface area (Å²) in [6.45, 7) is 5.15. The monoisotopic (exact) mass is 363 g/mol. The summed E-state index contributed by atoms with van der Waals surface area (Å²) in [4.78, 5) is 4.23. The van der Waals surface area contributed by atoms with E-state index in [2.05, 4.69) is 16.9 Å². The Bertz CT molecular complexity index is 354. The first kappa shape index (κ1) is 14.1. The van der Waals surface area contributed by atoms with Crippen molar-refractivity contribution < 1.29 is 4.74 Å². The van der Waals surface area contributed by atoms with Gasteiger partial charge in [-0.05, 0) is 19.3 Å². The highest BCUT2D eigenvalue weighted by atomic mass is 127. The van der Waals surface area contributed by atoms with Gasteiger partial charge in [-0.2, -0.15) is 0 Å². The van der Waals surface area contributed by atoms with Gasteiger partial charge in [-0.3, -0.25) is 0 Å². The van der Waals surface area contributed by atoms with Gasteiger partial charge in [0.05, 0.1) is 12.6 Å². The second kappa shape index (κ2) is 5.36. The molecule has 1 heterocycles. The fourth-order valence-corrected chi connectivity index (χ4v) is 3.82. The van der Waals surface area contributed by atoms with Crippen LogP contribution in [0.25, 0.3) is 0 Å². The van der Waals surface area contributed by atoms with E-state index in [9.17, 15) is 0 Å². The van der Waals surface area contributed by atoms with Crippen LogP contribution in [0.4, 0.5) is 0 Å². The molecule has 1 aliphatic heterocycles. The third-order valence-corrected chi connectivity index (χ3v) is 4.73. The van der Waals surface area contributed by atoms with E-state index in [1.807, 2.05) is 0 Å². The lowest BCUT2D eigenvalue weighted by atomic mass is 9.46. The molecule has 18 heavy (non-hydrogen) atoms. The maximum absolute atomic E-state index is 5.90. The lowest BCUT2D eigenvalue weighted by Gasteiger charge is -2.63. The molecule has 102 valence electrons. The van der Waals surface area contributed by atoms with Crippen molar-refractivity contribution in [2.24, 2.45) is 22.1 Å². The molecule has 4 nitrogen and oxygen atoms in total. The van der Waals surface area contributed by atoms with Crippen molar-refractivity contribution in [3.63, 3.8) is 0 Å². The average molecular weight is 363 g/mol. The Balaban J connectivity index is 0.00000120. The Morgan fingerprint density at radius 2 is 2.33 bits per heavy atom. The molecule has 3 unspecified atom stereocenters. The van der Waals surface area contributed by atoms with E-state index in [4.69, 9.17) is 10.5 Å². The minimum absolute atomic E-state index is 0. The topological polar surface area (TPSA) is 59.6 Å². The summed E-state index contributed by atoms with van der Waals surface area (Å²) in [5.41, 5.74) is 6.27. The molecule has 0 aromatic carbocycles. The number of guanidine groups is 1. The molecular weight excluding hydrogens is 341 g/mol. The SMILES string of the molecule is C=CCN=C(N)NC1C2CCOC2C12CCC2.I. The van der Waals surface area contributed by atoms with Crippen LogP contribution in [0.1, 0.15) is 25.7 Å². The second-order valence-electron chi connectivity index (χ2n) is 5.47. The fourth-order valence-electron chi connectivity index (χ4n) is 3.82. The molecule has 0 aromatic heterocycles. The third-order valence-electron chi connectivity index (χ3n) is 4.73. The highest BCUT2D eigenvalue weighted by Crippen LogP contribution is 2.62. The maximum Gasteiger partial charge on any atom is 0.189 e. The first-order valence-corrected chi connectivity index (χ1v) is 6.57. The van der Waals surface area contributed by atoms with Crippen LogP contribution in [0.5, 0.6) is 0 Å². The van der Waals surface area contributed by atoms with Gasteiger partial charge in [0.15, 0.2) is 5.96 Å². The van der Waals surface area contributed by atoms with Crippen LogP contribution in [0, 0.1) is 11.3 Å². The molecular formula is C13H22IN3O. The molecule has 3 aliphatic rings. The summed E-state index contributed by atoms with van der Waals surface area (Å²) in [5, 5.41) is 3.42. The Morgan fingerprint density at radius 1 is 1.56 bits per heavy atom. The van der Waals surface area contributed by atoms with Gasteiger partial charge in [0.25, 0.3) is 0 Å². The van der Waals surface area contributed by atoms with E-state index >= 15 is 0 Å². The predicted octanol–water partition coefficient (Wildman–Crippen LogP) is 1.65. The highest BCUT2D eigenvalue weighted by Gasteiger charge is 2.66. The van der Waals surface area contributed by atoms with Crippen LogP contribution < -0.4 is 11.1 Å². The van der Waals surface area contributed by atoms with Crippen LogP contribution in [0.3, 0.4) is 0 Å². The standard InChI is InChI=1S/C13H21N3O.HI/c1-2-7-15-12(14)16-10-9-4-8-17-11(9)13(10)5-3-6-13;/h2,9-11H,1,3-8H2,(H3,14,15,16);1H. The van der Waals surface area contributed by atoms with Crippen LogP contribution in [-0.2, 0) is 4.74 Å². The molecule has 2 saturated carbocycles. The van der Waals surface area contributed by atoms with Crippen molar-refractivity contribution >= 4 is 29.9 Å². The summed E-state index contributed by atoms with van der Waals surface area (Å²) < 4.78 is 5.87. The van der Waals surface area contributed by atoms with E-state index in [1.54, 1.807) is 6.08 Å². The summed E-state index contributed by atoms with van der Waals surface area (Å²) >= 11 is 0. The van der Waals surface area contributed by atoms with Crippen LogP contribution in [-0.4, -0.2) is 31.3 Å². The molecule has 3 N–H and O–H groups in total. The minimum Gasteiger partial charge on any atom is -0.377 e. The van der Waals surface area contributed by atoms with E-state index in [0.29, 0.717) is 36.0 Å². The number of fused-ring (bicyclic) bond motifs is 2. The van der Waals surface area contributed by atoms with Crippen LogP contribution in [0.2, 0.25) is 0 Å². The molecule has 5 heteroatoms. The summed E-state index contributed by atoms with van der Waals surface area (Å²) in [6, 6.07) is 0.484. The van der Waals surface area contributed by atoms with Crippen LogP contribution >= 0.6 is 24.0 Å². The quantitative estimate of drug-likeness (QED) is 0.347. The summed E-state index contributed by atoms with van der Waals surface area (Å²) in [7, 11) is 0. The number of aliphatic imine (C=N–C) groups is 1. The molecule has 0 amide bonds. The molecule has 3 fully saturated rings. The lowest BCUT2D eigenvalue weighted by molar-refractivity contribution is -0.171. The average Bonchev–Trinajstić information content (AvgIpc) is 2.66. The molecule has 1 saturated heterocycles. The molecule has 0 radical (unpaired) electrons. The lowest BCUT2D eigenvalue weighted by Crippen LogP contribution is -2.72. The number of halogens is 1. The van der Waals surface area contributed by atoms with Gasteiger partial charge in [-0.15, -0.1) is 30.6 Å². The second-order valence-corrected chi connectivity index (χ2v) is 5.47. The van der Waals surface area contributed by atoms with Gasteiger partial charge < -0.3 is 15.8 Å². The number of nitrogens with zero attached hydrogens (tertiary/aromatic N) is 1. The Hall–Kier alpha value is -0.300. The number of nitrogens with two attached hydrogens (primary N) is 1. The maximum atomic E-state index is 5.90. The van der Waals surface area contributed by atoms with Gasteiger partial charge in [0.1, 0.15) is 0 Å². The zero-order valence-electron chi connectivity index (χ0n) is 10.6. The molecule has 0 aromatic rings. The molecule has 0 bridgehead atoms. The summed E-state index contributed by atoms with van der Waals surface area (Å²) in [5.74, 6) is 1.21.